The third kappa shape index (κ3) is 18.2. The molecule has 0 aromatic rings. The van der Waals surface area contributed by atoms with Gasteiger partial charge in [0, 0.05) is 13.2 Å². The summed E-state index contributed by atoms with van der Waals surface area (Å²) < 4.78 is 25.9. The zero-order valence-electron chi connectivity index (χ0n) is 14.7. The number of unbranched alkanes of at least 4 members (excludes halogenated alkanes) is 3. The summed E-state index contributed by atoms with van der Waals surface area (Å²) in [5.74, 6) is -1.46. The quantitative estimate of drug-likeness (QED) is 0.157. The predicted molar refractivity (Wildman–Crippen MR) is 97.6 cm³/mol. The van der Waals surface area contributed by atoms with Gasteiger partial charge < -0.3 is 9.26 Å². The van der Waals surface area contributed by atoms with Crippen LogP contribution in [0.3, 0.4) is 0 Å². The molecule has 0 saturated carbocycles. The molecular formula is C15H28N2O6P2. The van der Waals surface area contributed by atoms with Crippen LogP contribution in [0.4, 0.5) is 0 Å². The van der Waals surface area contributed by atoms with Crippen LogP contribution in [0.2, 0.25) is 0 Å². The Balaban J connectivity index is 3.19. The fourth-order valence-electron chi connectivity index (χ4n) is 1.66. The Labute approximate surface area is 152 Å². The van der Waals surface area contributed by atoms with Crippen molar-refractivity contribution in [2.45, 2.75) is 32.6 Å². The molecule has 0 rings (SSSR count). The number of hydrogen-bond acceptors (Lipinski definition) is 8. The van der Waals surface area contributed by atoms with E-state index in [1.807, 2.05) is 12.6 Å². The molecule has 0 bridgehead atoms. The van der Waals surface area contributed by atoms with Crippen molar-refractivity contribution >= 4 is 28.5 Å². The van der Waals surface area contributed by atoms with Gasteiger partial charge in [-0.3, -0.25) is 5.32 Å². The second-order valence-electron chi connectivity index (χ2n) is 4.96. The molecule has 0 aromatic carbocycles. The van der Waals surface area contributed by atoms with Gasteiger partial charge in [-0.15, -0.1) is 0 Å². The van der Waals surface area contributed by atoms with E-state index in [0.717, 1.165) is 32.2 Å². The van der Waals surface area contributed by atoms with Gasteiger partial charge in [0.05, 0.1) is 13.3 Å². The molecule has 0 aliphatic carbocycles. The van der Waals surface area contributed by atoms with Gasteiger partial charge in [0.15, 0.2) is 9.03 Å². The van der Waals surface area contributed by atoms with Gasteiger partial charge in [-0.25, -0.2) is 0 Å². The Bertz CT molecular complexity index is 458. The molecule has 0 fully saturated rings. The summed E-state index contributed by atoms with van der Waals surface area (Å²) in [6.07, 6.45) is 3.93. The van der Waals surface area contributed by atoms with Crippen molar-refractivity contribution in [2.24, 2.45) is 0 Å². The van der Waals surface area contributed by atoms with E-state index in [1.165, 1.54) is 0 Å². The van der Waals surface area contributed by atoms with Crippen LogP contribution >= 0.6 is 17.0 Å². The van der Waals surface area contributed by atoms with Crippen molar-refractivity contribution in [3.05, 3.63) is 0 Å². The first kappa shape index (κ1) is 24.6. The summed E-state index contributed by atoms with van der Waals surface area (Å²) in [7, 11) is -0.498. The molecule has 0 heterocycles. The van der Waals surface area contributed by atoms with E-state index in [4.69, 9.17) is 13.8 Å². The Morgan fingerprint density at radius 1 is 1.04 bits per heavy atom. The summed E-state index contributed by atoms with van der Waals surface area (Å²) in [5.41, 5.74) is 1.91. The monoisotopic (exact) mass is 394 g/mol. The Morgan fingerprint density at radius 3 is 2.56 bits per heavy atom. The summed E-state index contributed by atoms with van der Waals surface area (Å²) in [4.78, 5) is 22.2. The fourth-order valence-corrected chi connectivity index (χ4v) is 2.36. The molecule has 0 saturated heterocycles. The Morgan fingerprint density at radius 2 is 1.80 bits per heavy atom. The molecule has 2 N–H and O–H groups in total. The van der Waals surface area contributed by atoms with Crippen LogP contribution in [-0.2, 0) is 27.9 Å². The summed E-state index contributed by atoms with van der Waals surface area (Å²) in [6, 6.07) is 0. The van der Waals surface area contributed by atoms with E-state index in [-0.39, 0.29) is 15.6 Å². The van der Waals surface area contributed by atoms with E-state index in [1.54, 1.807) is 0 Å². The number of carbonyl (C=O) groups is 2. The van der Waals surface area contributed by atoms with Gasteiger partial charge in [-0.05, 0) is 6.92 Å². The molecule has 0 radical (unpaired) electrons. The molecule has 0 spiro atoms. The second-order valence-corrected chi connectivity index (χ2v) is 6.11. The third-order valence-corrected chi connectivity index (χ3v) is 3.88. The zero-order valence-corrected chi connectivity index (χ0v) is 16.6. The van der Waals surface area contributed by atoms with E-state index in [2.05, 4.69) is 10.6 Å². The topological polar surface area (TPSA) is 103 Å². The van der Waals surface area contributed by atoms with E-state index in [9.17, 15) is 14.2 Å². The summed E-state index contributed by atoms with van der Waals surface area (Å²) in [5, 5.41) is 5.97. The molecule has 0 aliphatic heterocycles. The molecule has 8 nitrogen and oxygen atoms in total. The van der Waals surface area contributed by atoms with Crippen molar-refractivity contribution in [3.8, 4) is 5.63 Å². The third-order valence-electron chi connectivity index (χ3n) is 2.94. The number of nitrogens with one attached hydrogen (secondary N) is 2. The van der Waals surface area contributed by atoms with E-state index < -0.39 is 19.5 Å². The molecule has 0 aliphatic rings. The van der Waals surface area contributed by atoms with Crippen molar-refractivity contribution in [2.75, 3.05) is 46.2 Å². The van der Waals surface area contributed by atoms with Gasteiger partial charge >= 0.3 is 94.5 Å². The summed E-state index contributed by atoms with van der Waals surface area (Å²) in [6.45, 7) is 5.82. The number of Topliss-reactive ketones (excluding diaryl/α,β-unsaturated/α-hetero) is 2. The van der Waals surface area contributed by atoms with Crippen LogP contribution in [0.1, 0.15) is 32.6 Å². The number of rotatable bonds is 18. The van der Waals surface area contributed by atoms with Crippen LogP contribution < -0.4 is 10.6 Å². The SMILES string of the molecule is CCOCNCCOPOCCCCCCNCC(=O)C(=O)C#P=O. The Kier molecular flexibility index (Phi) is 19.6. The number of hydrogen-bond donors (Lipinski definition) is 2. The number of carbonyl (C=O) groups excluding carboxylic acids is 2. The van der Waals surface area contributed by atoms with Crippen LogP contribution in [0, 0.1) is 5.63 Å². The molecule has 25 heavy (non-hydrogen) atoms. The second kappa shape index (κ2) is 19.9. The molecule has 0 aromatic heterocycles. The average Bonchev–Trinajstić information content (AvgIpc) is 2.61. The van der Waals surface area contributed by atoms with Crippen LogP contribution in [-0.4, -0.2) is 57.8 Å². The molecule has 10 heteroatoms. The zero-order chi connectivity index (χ0) is 18.6. The first-order valence-corrected chi connectivity index (χ1v) is 9.98. The molecule has 1 atom stereocenters. The van der Waals surface area contributed by atoms with Gasteiger partial charge in [0.1, 0.15) is 0 Å². The van der Waals surface area contributed by atoms with Crippen LogP contribution in [0.5, 0.6) is 0 Å². The van der Waals surface area contributed by atoms with Gasteiger partial charge in [0.25, 0.3) is 0 Å². The maximum absolute atomic E-state index is 11.2. The summed E-state index contributed by atoms with van der Waals surface area (Å²) >= 11 is 0. The van der Waals surface area contributed by atoms with E-state index in [0.29, 0.717) is 33.1 Å². The average molecular weight is 394 g/mol. The van der Waals surface area contributed by atoms with Gasteiger partial charge in [-0.2, -0.15) is 0 Å². The minimum absolute atomic E-state index is 0.0393. The first-order chi connectivity index (χ1) is 12.2. The normalized spacial score (nSPS) is 10.9. The minimum atomic E-state index is -0.838. The number of ketones is 2. The van der Waals surface area contributed by atoms with E-state index >= 15 is 0 Å². The molecule has 0 amide bonds. The van der Waals surface area contributed by atoms with Crippen molar-refractivity contribution in [1.82, 2.24) is 10.6 Å². The van der Waals surface area contributed by atoms with Crippen molar-refractivity contribution < 1.29 is 27.9 Å². The van der Waals surface area contributed by atoms with Gasteiger partial charge in [0.2, 0.25) is 0 Å². The van der Waals surface area contributed by atoms with Gasteiger partial charge in [-0.1, -0.05) is 0 Å². The number of ether oxygens (including phenoxy) is 1. The fraction of sp³-hybridized carbons (Fsp3) is 0.800. The van der Waals surface area contributed by atoms with Crippen molar-refractivity contribution in [3.63, 3.8) is 0 Å². The Hall–Kier alpha value is -0.420. The standard InChI is InChI=1S/C15H28N2O6P2/c1-2-21-13-17-8-10-23-25-22-9-6-4-3-5-7-16-11-14(18)15(19)12-24-20/h16-17,25H,2-11,13H2,1H3. The van der Waals surface area contributed by atoms with Crippen LogP contribution in [0.15, 0.2) is 0 Å². The van der Waals surface area contributed by atoms with Crippen molar-refractivity contribution in [1.29, 1.82) is 0 Å². The first-order valence-electron chi connectivity index (χ1n) is 8.35. The molecular weight excluding hydrogens is 366 g/mol. The molecule has 144 valence electrons. The van der Waals surface area contributed by atoms with Crippen LogP contribution in [0.25, 0.3) is 0 Å². The molecule has 1 unspecified atom stereocenters. The predicted octanol–water partition coefficient (Wildman–Crippen LogP) is 1.65. The maximum atomic E-state index is 11.2.